The van der Waals surface area contributed by atoms with E-state index in [2.05, 4.69) is 38.1 Å². The third kappa shape index (κ3) is 7.66. The summed E-state index contributed by atoms with van der Waals surface area (Å²) in [5.74, 6) is -0.0616. The first-order valence-electron chi connectivity index (χ1n) is 13.7. The van der Waals surface area contributed by atoms with Crippen molar-refractivity contribution in [3.05, 3.63) is 47.7 Å². The zero-order valence-corrected chi connectivity index (χ0v) is 23.2. The molecule has 3 amide bonds. The molecule has 2 aromatic rings. The summed E-state index contributed by atoms with van der Waals surface area (Å²) in [6, 6.07) is 9.33. The van der Waals surface area contributed by atoms with E-state index in [-0.39, 0.29) is 17.7 Å². The Morgan fingerprint density at radius 1 is 0.923 bits per heavy atom. The van der Waals surface area contributed by atoms with Gasteiger partial charge in [0.05, 0.1) is 0 Å². The van der Waals surface area contributed by atoms with Crippen LogP contribution >= 0.6 is 0 Å². The molecule has 0 unspecified atom stereocenters. The summed E-state index contributed by atoms with van der Waals surface area (Å²) in [5, 5.41) is 11.9. The van der Waals surface area contributed by atoms with Gasteiger partial charge in [-0.15, -0.1) is 0 Å². The van der Waals surface area contributed by atoms with Crippen LogP contribution in [-0.2, 0) is 27.2 Å². The number of hydrogen-bond donors (Lipinski definition) is 4. The molecule has 2 bridgehead atoms. The number of piperazine rings is 1. The van der Waals surface area contributed by atoms with Crippen molar-refractivity contribution in [2.75, 3.05) is 50.0 Å². The third-order valence-corrected chi connectivity index (χ3v) is 7.15. The number of likely N-dealkylation sites (N-methyl/N-ethyl adjacent to an activating group) is 1. The third-order valence-electron chi connectivity index (χ3n) is 7.15. The van der Waals surface area contributed by atoms with E-state index in [1.807, 2.05) is 50.2 Å². The number of hydrogen-bond acceptors (Lipinski definition) is 8. The minimum atomic E-state index is -0.806. The quantitative estimate of drug-likeness (QED) is 0.446. The van der Waals surface area contributed by atoms with Crippen LogP contribution in [0.25, 0.3) is 0 Å². The highest BCUT2D eigenvalue weighted by Crippen LogP contribution is 2.19. The van der Waals surface area contributed by atoms with Gasteiger partial charge in [-0.05, 0) is 25.5 Å². The van der Waals surface area contributed by atoms with Crippen LogP contribution in [-0.4, -0.2) is 90.5 Å². The smallest absolute Gasteiger partial charge is 0.243 e. The first-order valence-corrected chi connectivity index (χ1v) is 13.7. The van der Waals surface area contributed by atoms with Crippen molar-refractivity contribution in [1.82, 2.24) is 30.8 Å². The van der Waals surface area contributed by atoms with Crippen molar-refractivity contribution in [2.24, 2.45) is 5.92 Å². The molecule has 2 aliphatic rings. The highest BCUT2D eigenvalue weighted by atomic mass is 16.2. The average Bonchev–Trinajstić information content (AvgIpc) is 2.91. The second-order valence-corrected chi connectivity index (χ2v) is 10.7. The summed E-state index contributed by atoms with van der Waals surface area (Å²) in [6.45, 7) is 9.12. The van der Waals surface area contributed by atoms with Gasteiger partial charge in [0, 0.05) is 57.3 Å². The number of nitrogens with zero attached hydrogens (tertiary/aromatic N) is 4. The molecule has 3 heterocycles. The van der Waals surface area contributed by atoms with E-state index < -0.39 is 24.0 Å². The SMILES string of the molecule is CC(C)[C@H]1NC(=O)[C@H](Cc2ccccc2)Nc2cc(nc(N3CCN(C)CC3)n2)CCNC(=O)[C@H](C)NC1=O. The summed E-state index contributed by atoms with van der Waals surface area (Å²) >= 11 is 0. The standard InChI is InChI=1S/C28H40N8O3/c1-18(2)24-27(39)30-19(3)25(37)29-11-10-21-17-23(33-28(31-21)36-14-12-35(4)13-15-36)32-22(26(38)34-24)16-20-8-6-5-7-9-20/h5-9,17-19,22,24H,10-16H2,1-4H3,(H,29,37)(H,30,39)(H,34,38)(H,31,32,33)/t19-,22-,24+/m0/s1. The molecule has 2 aliphatic heterocycles. The Morgan fingerprint density at radius 3 is 2.33 bits per heavy atom. The van der Waals surface area contributed by atoms with Crippen LogP contribution < -0.4 is 26.2 Å². The number of anilines is 2. The number of benzene rings is 1. The van der Waals surface area contributed by atoms with Crippen molar-refractivity contribution < 1.29 is 14.4 Å². The molecule has 3 atom stereocenters. The van der Waals surface area contributed by atoms with E-state index in [9.17, 15) is 14.4 Å². The van der Waals surface area contributed by atoms with Crippen molar-refractivity contribution in [3.63, 3.8) is 0 Å². The van der Waals surface area contributed by atoms with E-state index in [0.717, 1.165) is 37.4 Å². The van der Waals surface area contributed by atoms with E-state index in [0.29, 0.717) is 31.2 Å². The molecule has 1 aromatic heterocycles. The summed E-state index contributed by atoms with van der Waals surface area (Å²) in [6.07, 6.45) is 0.882. The van der Waals surface area contributed by atoms with E-state index in [1.54, 1.807) is 6.92 Å². The van der Waals surface area contributed by atoms with Crippen molar-refractivity contribution in [1.29, 1.82) is 0 Å². The Morgan fingerprint density at radius 2 is 1.64 bits per heavy atom. The first kappa shape index (κ1) is 28.3. The average molecular weight is 537 g/mol. The summed E-state index contributed by atoms with van der Waals surface area (Å²) in [4.78, 5) is 53.5. The molecule has 11 heteroatoms. The van der Waals surface area contributed by atoms with Gasteiger partial charge in [0.1, 0.15) is 23.9 Å². The van der Waals surface area contributed by atoms with Gasteiger partial charge in [0.15, 0.2) is 0 Å². The van der Waals surface area contributed by atoms with E-state index in [4.69, 9.17) is 9.97 Å². The fraction of sp³-hybridized carbons (Fsp3) is 0.536. The summed E-state index contributed by atoms with van der Waals surface area (Å²) in [7, 11) is 2.09. The Bertz CT molecular complexity index is 1150. The lowest BCUT2D eigenvalue weighted by molar-refractivity contribution is -0.132. The number of amides is 3. The lowest BCUT2D eigenvalue weighted by Gasteiger charge is -2.33. The lowest BCUT2D eigenvalue weighted by atomic mass is 10.0. The van der Waals surface area contributed by atoms with Crippen LogP contribution in [0.5, 0.6) is 0 Å². The summed E-state index contributed by atoms with van der Waals surface area (Å²) < 4.78 is 0. The minimum Gasteiger partial charge on any atom is -0.358 e. The first-order chi connectivity index (χ1) is 18.7. The Balaban J connectivity index is 1.70. The maximum absolute atomic E-state index is 13.7. The second-order valence-electron chi connectivity index (χ2n) is 10.7. The number of carbonyl (C=O) groups excluding carboxylic acids is 3. The summed E-state index contributed by atoms with van der Waals surface area (Å²) in [5.41, 5.74) is 1.73. The predicted molar refractivity (Wildman–Crippen MR) is 150 cm³/mol. The van der Waals surface area contributed by atoms with Crippen molar-refractivity contribution in [3.8, 4) is 0 Å². The molecular weight excluding hydrogens is 496 g/mol. The monoisotopic (exact) mass is 536 g/mol. The minimum absolute atomic E-state index is 0.188. The van der Waals surface area contributed by atoms with Crippen LogP contribution in [0.3, 0.4) is 0 Å². The highest BCUT2D eigenvalue weighted by molar-refractivity contribution is 5.93. The van der Waals surface area contributed by atoms with Gasteiger partial charge in [-0.3, -0.25) is 14.4 Å². The highest BCUT2D eigenvalue weighted by Gasteiger charge is 2.30. The van der Waals surface area contributed by atoms with Gasteiger partial charge in [-0.1, -0.05) is 44.2 Å². The molecule has 1 aromatic carbocycles. The lowest BCUT2D eigenvalue weighted by Crippen LogP contribution is -2.56. The molecule has 39 heavy (non-hydrogen) atoms. The molecule has 210 valence electrons. The molecule has 11 nitrogen and oxygen atoms in total. The molecule has 0 aliphatic carbocycles. The Hall–Kier alpha value is -3.73. The van der Waals surface area contributed by atoms with Gasteiger partial charge < -0.3 is 31.1 Å². The zero-order valence-electron chi connectivity index (χ0n) is 23.2. The largest absolute Gasteiger partial charge is 0.358 e. The maximum Gasteiger partial charge on any atom is 0.243 e. The van der Waals surface area contributed by atoms with Crippen molar-refractivity contribution in [2.45, 2.75) is 51.7 Å². The van der Waals surface area contributed by atoms with Gasteiger partial charge in [-0.2, -0.15) is 4.98 Å². The zero-order chi connectivity index (χ0) is 27.9. The Kier molecular flexibility index (Phi) is 9.34. The van der Waals surface area contributed by atoms with Gasteiger partial charge in [-0.25, -0.2) is 4.98 Å². The molecule has 4 rings (SSSR count). The van der Waals surface area contributed by atoms with Gasteiger partial charge in [0.25, 0.3) is 0 Å². The molecule has 1 fully saturated rings. The normalized spacial score (nSPS) is 23.7. The predicted octanol–water partition coefficient (Wildman–Crippen LogP) is 0.569. The topological polar surface area (TPSA) is 132 Å². The van der Waals surface area contributed by atoms with Gasteiger partial charge in [0.2, 0.25) is 23.7 Å². The molecule has 1 saturated heterocycles. The van der Waals surface area contributed by atoms with E-state index in [1.165, 1.54) is 0 Å². The fourth-order valence-electron chi connectivity index (χ4n) is 4.70. The number of aromatic nitrogens is 2. The number of nitrogens with one attached hydrogen (secondary N) is 4. The van der Waals surface area contributed by atoms with Crippen LogP contribution in [0.2, 0.25) is 0 Å². The Labute approximate surface area is 230 Å². The number of fused-ring (bicyclic) bond motifs is 2. The molecular formula is C28H40N8O3. The van der Waals surface area contributed by atoms with Crippen LogP contribution in [0.4, 0.5) is 11.8 Å². The van der Waals surface area contributed by atoms with Gasteiger partial charge >= 0.3 is 0 Å². The molecule has 0 saturated carbocycles. The fourth-order valence-corrected chi connectivity index (χ4v) is 4.70. The molecule has 0 radical (unpaired) electrons. The van der Waals surface area contributed by atoms with Crippen LogP contribution in [0.15, 0.2) is 36.4 Å². The van der Waals surface area contributed by atoms with Crippen LogP contribution in [0.1, 0.15) is 32.0 Å². The van der Waals surface area contributed by atoms with Crippen LogP contribution in [0, 0.1) is 5.92 Å². The maximum atomic E-state index is 13.7. The number of rotatable bonds is 4. The second kappa shape index (κ2) is 12.9. The van der Waals surface area contributed by atoms with E-state index >= 15 is 0 Å². The van der Waals surface area contributed by atoms with Crippen molar-refractivity contribution >= 4 is 29.5 Å². The number of carbonyl (C=O) groups is 3. The molecule has 4 N–H and O–H groups in total. The molecule has 0 spiro atoms.